The van der Waals surface area contributed by atoms with Crippen LogP contribution in [0.1, 0.15) is 38.5 Å². The predicted octanol–water partition coefficient (Wildman–Crippen LogP) is 2.10. The lowest BCUT2D eigenvalue weighted by Gasteiger charge is -2.32. The van der Waals surface area contributed by atoms with E-state index in [2.05, 4.69) is 17.3 Å². The number of fused-ring (bicyclic) bond motifs is 5. The van der Waals surface area contributed by atoms with E-state index in [1.54, 1.807) is 19.3 Å². The molecule has 3 aliphatic carbocycles. The van der Waals surface area contributed by atoms with Gasteiger partial charge in [-0.3, -0.25) is 0 Å². The van der Waals surface area contributed by atoms with E-state index in [1.165, 1.54) is 32.4 Å². The average Bonchev–Trinajstić information content (AvgIpc) is 2.74. The van der Waals surface area contributed by atoms with Gasteiger partial charge in [0.25, 0.3) is 0 Å². The van der Waals surface area contributed by atoms with E-state index in [0.29, 0.717) is 0 Å². The van der Waals surface area contributed by atoms with Crippen LogP contribution in [0.5, 0.6) is 0 Å². The maximum absolute atomic E-state index is 3.92. The zero-order chi connectivity index (χ0) is 11.4. The van der Waals surface area contributed by atoms with Crippen LogP contribution in [-0.4, -0.2) is 37.1 Å². The fourth-order valence-corrected chi connectivity index (χ4v) is 5.27. The summed E-state index contributed by atoms with van der Waals surface area (Å²) in [6.45, 7) is 2.57. The van der Waals surface area contributed by atoms with Gasteiger partial charge < -0.3 is 10.2 Å². The highest BCUT2D eigenvalue weighted by Gasteiger charge is 2.64. The molecule has 4 aliphatic rings. The minimum atomic E-state index is 0.822. The minimum absolute atomic E-state index is 0.822. The number of nitrogens with one attached hydrogen (secondary N) is 1. The average molecular weight is 234 g/mol. The van der Waals surface area contributed by atoms with Crippen LogP contribution >= 0.6 is 0 Å². The molecule has 5 unspecified atom stereocenters. The van der Waals surface area contributed by atoms with Crippen molar-refractivity contribution in [2.24, 2.45) is 23.7 Å². The van der Waals surface area contributed by atoms with Gasteiger partial charge in [-0.2, -0.15) is 0 Å². The Morgan fingerprint density at radius 1 is 1.06 bits per heavy atom. The molecule has 0 radical (unpaired) electrons. The minimum Gasteiger partial charge on any atom is -0.312 e. The molecule has 0 spiro atoms. The van der Waals surface area contributed by atoms with E-state index in [0.717, 1.165) is 35.8 Å². The molecule has 5 atom stereocenters. The lowest BCUT2D eigenvalue weighted by Crippen LogP contribution is -2.44. The Labute approximate surface area is 105 Å². The van der Waals surface area contributed by atoms with Crippen molar-refractivity contribution in [1.82, 2.24) is 10.2 Å². The molecule has 2 nitrogen and oxygen atoms in total. The molecule has 0 aromatic carbocycles. The maximum Gasteiger partial charge on any atom is 0.0217 e. The highest BCUT2D eigenvalue weighted by atomic mass is 15.2. The van der Waals surface area contributed by atoms with Crippen LogP contribution in [0.3, 0.4) is 0 Å². The Kier molecular flexibility index (Phi) is 2.52. The Hall–Kier alpha value is -0.0800. The number of piperidine rings is 1. The maximum atomic E-state index is 3.92. The summed E-state index contributed by atoms with van der Waals surface area (Å²) in [7, 11) is 2.31. The molecule has 1 heterocycles. The summed E-state index contributed by atoms with van der Waals surface area (Å²) in [6.07, 6.45) is 8.95. The first-order chi connectivity index (χ1) is 8.34. The number of hydrogen-bond donors (Lipinski definition) is 1. The molecule has 3 saturated carbocycles. The van der Waals surface area contributed by atoms with Gasteiger partial charge in [0.1, 0.15) is 0 Å². The zero-order valence-corrected chi connectivity index (χ0v) is 11.1. The van der Waals surface area contributed by atoms with Crippen molar-refractivity contribution in [3.05, 3.63) is 0 Å². The van der Waals surface area contributed by atoms with Crippen LogP contribution in [0.2, 0.25) is 0 Å². The van der Waals surface area contributed by atoms with Gasteiger partial charge in [0, 0.05) is 18.6 Å². The highest BCUT2D eigenvalue weighted by molar-refractivity contribution is 5.16. The Morgan fingerprint density at radius 3 is 2.53 bits per heavy atom. The van der Waals surface area contributed by atoms with Gasteiger partial charge in [0.15, 0.2) is 0 Å². The van der Waals surface area contributed by atoms with Gasteiger partial charge in [-0.1, -0.05) is 6.42 Å². The second kappa shape index (κ2) is 3.96. The second-order valence-corrected chi connectivity index (χ2v) is 7.05. The van der Waals surface area contributed by atoms with Crippen LogP contribution in [0.25, 0.3) is 0 Å². The molecule has 0 amide bonds. The predicted molar refractivity (Wildman–Crippen MR) is 69.9 cm³/mol. The fourth-order valence-electron chi connectivity index (χ4n) is 5.27. The van der Waals surface area contributed by atoms with E-state index in [4.69, 9.17) is 0 Å². The van der Waals surface area contributed by atoms with Crippen LogP contribution in [0.4, 0.5) is 0 Å². The van der Waals surface area contributed by atoms with E-state index in [9.17, 15) is 0 Å². The molecule has 4 fully saturated rings. The van der Waals surface area contributed by atoms with Crippen LogP contribution in [0.15, 0.2) is 0 Å². The number of nitrogens with zero attached hydrogens (tertiary/aromatic N) is 1. The van der Waals surface area contributed by atoms with Crippen molar-refractivity contribution in [2.75, 3.05) is 20.1 Å². The van der Waals surface area contributed by atoms with Crippen molar-refractivity contribution in [1.29, 1.82) is 0 Å². The van der Waals surface area contributed by atoms with Crippen molar-refractivity contribution in [3.8, 4) is 0 Å². The molecule has 1 aliphatic heterocycles. The van der Waals surface area contributed by atoms with E-state index in [1.807, 2.05) is 0 Å². The lowest BCUT2D eigenvalue weighted by molar-refractivity contribution is 0.179. The molecule has 2 heteroatoms. The molecule has 96 valence electrons. The van der Waals surface area contributed by atoms with Crippen LogP contribution in [0, 0.1) is 23.7 Å². The molecule has 2 bridgehead atoms. The van der Waals surface area contributed by atoms with Gasteiger partial charge in [-0.15, -0.1) is 0 Å². The summed E-state index contributed by atoms with van der Waals surface area (Å²) >= 11 is 0. The molecular formula is C15H26N2. The third kappa shape index (κ3) is 1.67. The topological polar surface area (TPSA) is 15.3 Å². The molecule has 0 aromatic rings. The summed E-state index contributed by atoms with van der Waals surface area (Å²) in [4.78, 5) is 2.57. The van der Waals surface area contributed by atoms with Crippen molar-refractivity contribution < 1.29 is 0 Å². The van der Waals surface area contributed by atoms with Crippen molar-refractivity contribution in [3.63, 3.8) is 0 Å². The standard InChI is InChI=1S/C15H26N2/c1-17-7-3-2-4-12(17)9-16-15-13-10-5-6-11(8-10)14(13)15/h10-16H,2-9H2,1H3. The third-order valence-corrected chi connectivity index (χ3v) is 6.25. The first-order valence-electron chi connectivity index (χ1n) is 7.78. The Morgan fingerprint density at radius 2 is 1.82 bits per heavy atom. The SMILES string of the molecule is CN1CCCCC1CNC1C2C3CCC(C3)C12. The largest absolute Gasteiger partial charge is 0.312 e. The summed E-state index contributed by atoms with van der Waals surface area (Å²) < 4.78 is 0. The summed E-state index contributed by atoms with van der Waals surface area (Å²) in [5, 5.41) is 3.92. The molecule has 1 saturated heterocycles. The van der Waals surface area contributed by atoms with E-state index in [-0.39, 0.29) is 0 Å². The molecule has 17 heavy (non-hydrogen) atoms. The van der Waals surface area contributed by atoms with Gasteiger partial charge in [-0.25, -0.2) is 0 Å². The van der Waals surface area contributed by atoms with E-state index >= 15 is 0 Å². The van der Waals surface area contributed by atoms with E-state index < -0.39 is 0 Å². The number of likely N-dealkylation sites (N-methyl/N-ethyl adjacent to an activating group) is 1. The first-order valence-corrected chi connectivity index (χ1v) is 7.78. The monoisotopic (exact) mass is 234 g/mol. The van der Waals surface area contributed by atoms with Gasteiger partial charge >= 0.3 is 0 Å². The highest BCUT2D eigenvalue weighted by Crippen LogP contribution is 2.65. The molecule has 4 rings (SSSR count). The number of rotatable bonds is 3. The Bertz CT molecular complexity index is 287. The zero-order valence-electron chi connectivity index (χ0n) is 11.1. The molecule has 0 aromatic heterocycles. The smallest absolute Gasteiger partial charge is 0.0217 e. The summed E-state index contributed by atoms with van der Waals surface area (Å²) in [5.41, 5.74) is 0. The summed E-state index contributed by atoms with van der Waals surface area (Å²) in [5.74, 6) is 4.43. The van der Waals surface area contributed by atoms with Gasteiger partial charge in [0.2, 0.25) is 0 Å². The molecular weight excluding hydrogens is 208 g/mol. The fraction of sp³-hybridized carbons (Fsp3) is 1.00. The normalized spacial score (nSPS) is 52.8. The third-order valence-electron chi connectivity index (χ3n) is 6.25. The first kappa shape index (κ1) is 10.8. The summed E-state index contributed by atoms with van der Waals surface area (Å²) in [6, 6.07) is 1.75. The van der Waals surface area contributed by atoms with Crippen LogP contribution < -0.4 is 5.32 Å². The number of likely N-dealkylation sites (tertiary alicyclic amines) is 1. The lowest BCUT2D eigenvalue weighted by atomic mass is 10.0. The van der Waals surface area contributed by atoms with Crippen molar-refractivity contribution in [2.45, 2.75) is 50.6 Å². The van der Waals surface area contributed by atoms with Gasteiger partial charge in [0.05, 0.1) is 0 Å². The molecule has 1 N–H and O–H groups in total. The van der Waals surface area contributed by atoms with Gasteiger partial charge in [-0.05, 0) is 69.4 Å². The quantitative estimate of drug-likeness (QED) is 0.804. The second-order valence-electron chi connectivity index (χ2n) is 7.05. The number of hydrogen-bond acceptors (Lipinski definition) is 2. The van der Waals surface area contributed by atoms with Crippen molar-refractivity contribution >= 4 is 0 Å². The Balaban J connectivity index is 1.29. The van der Waals surface area contributed by atoms with Crippen LogP contribution in [-0.2, 0) is 0 Å².